The van der Waals surface area contributed by atoms with Crippen LogP contribution in [0, 0.1) is 6.92 Å². The average Bonchev–Trinajstić information content (AvgIpc) is 2.73. The van der Waals surface area contributed by atoms with Crippen molar-refractivity contribution in [1.29, 1.82) is 0 Å². The van der Waals surface area contributed by atoms with Gasteiger partial charge in [0, 0.05) is 26.1 Å². The van der Waals surface area contributed by atoms with Crippen molar-refractivity contribution in [3.05, 3.63) is 65.2 Å². The lowest BCUT2D eigenvalue weighted by atomic mass is 9.92. The molecule has 0 saturated heterocycles. The quantitative estimate of drug-likeness (QED) is 0.600. The fourth-order valence-corrected chi connectivity index (χ4v) is 5.45. The molecule has 1 amide bonds. The molecular weight excluding hydrogens is 412 g/mol. The Hall–Kier alpha value is -2.22. The Morgan fingerprint density at radius 1 is 1.16 bits per heavy atom. The molecule has 0 fully saturated rings. The van der Waals surface area contributed by atoms with Gasteiger partial charge in [-0.2, -0.15) is 4.31 Å². The number of ether oxygens (including phenoxy) is 1. The van der Waals surface area contributed by atoms with Gasteiger partial charge in [-0.1, -0.05) is 42.0 Å². The van der Waals surface area contributed by atoms with Crippen molar-refractivity contribution in [3.8, 4) is 0 Å². The van der Waals surface area contributed by atoms with E-state index in [1.807, 2.05) is 45.0 Å². The Kier molecular flexibility index (Phi) is 7.86. The third kappa shape index (κ3) is 5.93. The number of nitrogens with zero attached hydrogens (tertiary/aromatic N) is 1. The van der Waals surface area contributed by atoms with E-state index in [-0.39, 0.29) is 23.3 Å². The van der Waals surface area contributed by atoms with Crippen LogP contribution in [-0.4, -0.2) is 44.4 Å². The number of carbonyl (C=O) groups is 1. The average molecular weight is 445 g/mol. The standard InChI is InChI=1S/C24H32N2O4S/c1-18(2)30-16-6-14-25-24(27)17-23-22-8-5-4-7-20(22)13-15-26(23)31(28,29)21-11-9-19(3)10-12-21/h4-5,7-12,18,23H,6,13-17H2,1-3H3,(H,25,27)/t23-/m1/s1. The summed E-state index contributed by atoms with van der Waals surface area (Å²) in [5.41, 5.74) is 3.00. The van der Waals surface area contributed by atoms with Gasteiger partial charge < -0.3 is 10.1 Å². The van der Waals surface area contributed by atoms with Gasteiger partial charge in [0.1, 0.15) is 0 Å². The summed E-state index contributed by atoms with van der Waals surface area (Å²) >= 11 is 0. The van der Waals surface area contributed by atoms with E-state index in [1.54, 1.807) is 24.3 Å². The zero-order valence-corrected chi connectivity index (χ0v) is 19.3. The van der Waals surface area contributed by atoms with Gasteiger partial charge in [0.25, 0.3) is 0 Å². The molecule has 1 aliphatic rings. The maximum absolute atomic E-state index is 13.4. The van der Waals surface area contributed by atoms with Gasteiger partial charge >= 0.3 is 0 Å². The van der Waals surface area contributed by atoms with Crippen LogP contribution in [0.5, 0.6) is 0 Å². The van der Waals surface area contributed by atoms with Crippen LogP contribution >= 0.6 is 0 Å². The minimum Gasteiger partial charge on any atom is -0.379 e. The fraction of sp³-hybridized carbons (Fsp3) is 0.458. The van der Waals surface area contributed by atoms with E-state index in [1.165, 1.54) is 4.31 Å². The van der Waals surface area contributed by atoms with Crippen LogP contribution in [0.4, 0.5) is 0 Å². The van der Waals surface area contributed by atoms with Crippen molar-refractivity contribution in [3.63, 3.8) is 0 Å². The molecule has 168 valence electrons. The third-order valence-electron chi connectivity index (χ3n) is 5.46. The Bertz CT molecular complexity index is 987. The number of rotatable bonds is 9. The molecule has 1 aliphatic heterocycles. The summed E-state index contributed by atoms with van der Waals surface area (Å²) < 4.78 is 33.9. The Balaban J connectivity index is 1.78. The van der Waals surface area contributed by atoms with Crippen molar-refractivity contribution in [1.82, 2.24) is 9.62 Å². The van der Waals surface area contributed by atoms with Gasteiger partial charge in [-0.05, 0) is 56.9 Å². The molecule has 0 radical (unpaired) electrons. The van der Waals surface area contributed by atoms with Crippen molar-refractivity contribution < 1.29 is 17.9 Å². The van der Waals surface area contributed by atoms with Gasteiger partial charge in [0.2, 0.25) is 15.9 Å². The first-order valence-electron chi connectivity index (χ1n) is 10.8. The second-order valence-corrected chi connectivity index (χ2v) is 10.1. The molecule has 0 aliphatic carbocycles. The van der Waals surface area contributed by atoms with Crippen LogP contribution in [0.25, 0.3) is 0 Å². The zero-order chi connectivity index (χ0) is 22.4. The number of nitrogens with one attached hydrogen (secondary N) is 1. The van der Waals surface area contributed by atoms with Crippen LogP contribution < -0.4 is 5.32 Å². The van der Waals surface area contributed by atoms with E-state index in [0.717, 1.165) is 23.1 Å². The number of amides is 1. The summed E-state index contributed by atoms with van der Waals surface area (Å²) in [6.45, 7) is 7.31. The lowest BCUT2D eigenvalue weighted by Gasteiger charge is -2.36. The van der Waals surface area contributed by atoms with Crippen molar-refractivity contribution >= 4 is 15.9 Å². The first kappa shape index (κ1) is 23.4. The first-order chi connectivity index (χ1) is 14.8. The number of hydrogen-bond donors (Lipinski definition) is 1. The minimum atomic E-state index is -3.72. The van der Waals surface area contributed by atoms with Crippen molar-refractivity contribution in [2.75, 3.05) is 19.7 Å². The maximum atomic E-state index is 13.4. The molecule has 0 spiro atoms. The van der Waals surface area contributed by atoms with Crippen molar-refractivity contribution in [2.24, 2.45) is 0 Å². The SMILES string of the molecule is Cc1ccc(S(=O)(=O)N2CCc3ccccc3[C@H]2CC(=O)NCCCOC(C)C)cc1. The zero-order valence-electron chi connectivity index (χ0n) is 18.5. The van der Waals surface area contributed by atoms with E-state index >= 15 is 0 Å². The molecular formula is C24H32N2O4S. The molecule has 1 N–H and O–H groups in total. The number of fused-ring (bicyclic) bond motifs is 1. The number of benzene rings is 2. The van der Waals surface area contributed by atoms with Gasteiger partial charge in [-0.15, -0.1) is 0 Å². The maximum Gasteiger partial charge on any atom is 0.243 e. The molecule has 2 aromatic carbocycles. The lowest BCUT2D eigenvalue weighted by Crippen LogP contribution is -2.42. The Morgan fingerprint density at radius 2 is 1.87 bits per heavy atom. The molecule has 1 heterocycles. The molecule has 1 atom stereocenters. The molecule has 0 unspecified atom stereocenters. The topological polar surface area (TPSA) is 75.7 Å². The minimum absolute atomic E-state index is 0.0904. The van der Waals surface area contributed by atoms with Crippen LogP contribution in [-0.2, 0) is 26.0 Å². The predicted molar refractivity (Wildman–Crippen MR) is 121 cm³/mol. The highest BCUT2D eigenvalue weighted by Gasteiger charge is 2.37. The summed E-state index contributed by atoms with van der Waals surface area (Å²) in [6, 6.07) is 14.1. The molecule has 7 heteroatoms. The lowest BCUT2D eigenvalue weighted by molar-refractivity contribution is -0.122. The molecule has 31 heavy (non-hydrogen) atoms. The summed E-state index contributed by atoms with van der Waals surface area (Å²) in [4.78, 5) is 13.0. The van der Waals surface area contributed by atoms with Crippen molar-refractivity contribution in [2.45, 2.75) is 57.1 Å². The molecule has 3 rings (SSSR count). The highest BCUT2D eigenvalue weighted by Crippen LogP contribution is 2.36. The molecule has 0 aromatic heterocycles. The van der Waals surface area contributed by atoms with Crippen LogP contribution in [0.3, 0.4) is 0 Å². The number of sulfonamides is 1. The summed E-state index contributed by atoms with van der Waals surface area (Å²) in [5.74, 6) is -0.157. The highest BCUT2D eigenvalue weighted by molar-refractivity contribution is 7.89. The molecule has 2 aromatic rings. The van der Waals surface area contributed by atoms with E-state index in [4.69, 9.17) is 4.74 Å². The van der Waals surface area contributed by atoms with Crippen LogP contribution in [0.15, 0.2) is 53.4 Å². The molecule has 6 nitrogen and oxygen atoms in total. The Morgan fingerprint density at radius 3 is 2.58 bits per heavy atom. The monoisotopic (exact) mass is 444 g/mol. The molecule has 0 bridgehead atoms. The molecule has 0 saturated carbocycles. The number of aryl methyl sites for hydroxylation is 1. The van der Waals surface area contributed by atoms with Gasteiger partial charge in [0.05, 0.1) is 17.0 Å². The van der Waals surface area contributed by atoms with Gasteiger partial charge in [0.15, 0.2) is 0 Å². The number of carbonyl (C=O) groups excluding carboxylic acids is 1. The van der Waals surface area contributed by atoms with Gasteiger partial charge in [-0.25, -0.2) is 8.42 Å². The normalized spacial score (nSPS) is 16.8. The van der Waals surface area contributed by atoms with Crippen LogP contribution in [0.2, 0.25) is 0 Å². The second kappa shape index (κ2) is 10.4. The highest BCUT2D eigenvalue weighted by atomic mass is 32.2. The third-order valence-corrected chi connectivity index (χ3v) is 7.39. The summed E-state index contributed by atoms with van der Waals surface area (Å²) in [7, 11) is -3.72. The Labute approximate surface area is 185 Å². The van der Waals surface area contributed by atoms with E-state index < -0.39 is 16.1 Å². The number of hydrogen-bond acceptors (Lipinski definition) is 4. The van der Waals surface area contributed by atoms with Gasteiger partial charge in [-0.3, -0.25) is 4.79 Å². The largest absolute Gasteiger partial charge is 0.379 e. The fourth-order valence-electron chi connectivity index (χ4n) is 3.84. The first-order valence-corrected chi connectivity index (χ1v) is 12.3. The van der Waals surface area contributed by atoms with E-state index in [9.17, 15) is 13.2 Å². The van der Waals surface area contributed by atoms with E-state index in [2.05, 4.69) is 5.32 Å². The van der Waals surface area contributed by atoms with Crippen LogP contribution in [0.1, 0.15) is 49.4 Å². The van der Waals surface area contributed by atoms with E-state index in [0.29, 0.717) is 26.1 Å². The summed E-state index contributed by atoms with van der Waals surface area (Å²) in [5, 5.41) is 2.91. The summed E-state index contributed by atoms with van der Waals surface area (Å²) in [6.07, 6.45) is 1.60. The smallest absolute Gasteiger partial charge is 0.243 e. The second-order valence-electron chi connectivity index (χ2n) is 8.22. The predicted octanol–water partition coefficient (Wildman–Crippen LogP) is 3.60.